The molecular formula is C47H39N. The molecule has 1 heteroatoms. The van der Waals surface area contributed by atoms with Gasteiger partial charge in [0.25, 0.3) is 0 Å². The van der Waals surface area contributed by atoms with Gasteiger partial charge in [-0.3, -0.25) is 0 Å². The van der Waals surface area contributed by atoms with Crippen molar-refractivity contribution in [3.05, 3.63) is 163 Å². The quantitative estimate of drug-likeness (QED) is 0.186. The van der Waals surface area contributed by atoms with Crippen LogP contribution in [-0.2, 0) is 5.41 Å². The van der Waals surface area contributed by atoms with E-state index >= 15 is 0 Å². The summed E-state index contributed by atoms with van der Waals surface area (Å²) in [5.74, 6) is 5.38. The van der Waals surface area contributed by atoms with Crippen molar-refractivity contribution in [2.75, 3.05) is 4.90 Å². The smallest absolute Gasteiger partial charge is 0.0543 e. The molecule has 12 rings (SSSR count). The van der Waals surface area contributed by atoms with E-state index in [4.69, 9.17) is 0 Å². The maximum absolute atomic E-state index is 2.57. The van der Waals surface area contributed by atoms with Crippen LogP contribution in [0.3, 0.4) is 0 Å². The fourth-order valence-electron chi connectivity index (χ4n) is 12.1. The van der Waals surface area contributed by atoms with E-state index in [0.29, 0.717) is 0 Å². The Morgan fingerprint density at radius 2 is 1.10 bits per heavy atom. The van der Waals surface area contributed by atoms with E-state index in [9.17, 15) is 0 Å². The van der Waals surface area contributed by atoms with E-state index in [1.807, 2.05) is 0 Å². The van der Waals surface area contributed by atoms with Crippen molar-refractivity contribution in [3.63, 3.8) is 0 Å². The third-order valence-corrected chi connectivity index (χ3v) is 13.5. The first kappa shape index (κ1) is 27.1. The van der Waals surface area contributed by atoms with Gasteiger partial charge in [0.05, 0.1) is 11.4 Å². The van der Waals surface area contributed by atoms with E-state index in [2.05, 4.69) is 157 Å². The standard InChI is InChI=1S/C47H39N/c1-3-12-30(13-4-1)31-22-24-36(25-23-31)48(43-20-10-8-16-37(43)32-14-5-2-6-15-32)44-21-11-19-41-46(44)38-17-7-9-18-40(38)47(41)35-27-34-26-33-28-42(47)45(34)39(33)29-35/h1-25,33-35,39,42,45H,26-29H2. The third kappa shape index (κ3) is 3.52. The van der Waals surface area contributed by atoms with Crippen molar-refractivity contribution in [3.8, 4) is 33.4 Å². The molecule has 0 saturated heterocycles. The molecule has 6 bridgehead atoms. The molecule has 7 unspecified atom stereocenters. The first-order valence-corrected chi connectivity index (χ1v) is 18.1. The second-order valence-corrected chi connectivity index (χ2v) is 15.3. The summed E-state index contributed by atoms with van der Waals surface area (Å²) in [7, 11) is 0. The molecule has 48 heavy (non-hydrogen) atoms. The number of hydrogen-bond acceptors (Lipinski definition) is 1. The highest BCUT2D eigenvalue weighted by molar-refractivity contribution is 5.98. The van der Waals surface area contributed by atoms with Crippen molar-refractivity contribution in [2.24, 2.45) is 35.5 Å². The topological polar surface area (TPSA) is 3.24 Å². The van der Waals surface area contributed by atoms with Gasteiger partial charge in [-0.1, -0.05) is 127 Å². The predicted octanol–water partition coefficient (Wildman–Crippen LogP) is 12.1. The highest BCUT2D eigenvalue weighted by atomic mass is 15.1. The van der Waals surface area contributed by atoms with Crippen molar-refractivity contribution in [1.82, 2.24) is 0 Å². The molecule has 5 saturated carbocycles. The molecule has 0 aliphatic heterocycles. The fraction of sp³-hybridized carbons (Fsp3) is 0.234. The SMILES string of the molecule is c1ccc(-c2ccc(N(c3ccccc3-c3ccccc3)c3cccc4c3-c3ccccc3C43C4CC5CC6CC3C5C6C4)cc2)cc1. The molecule has 1 nitrogen and oxygen atoms in total. The van der Waals surface area contributed by atoms with Gasteiger partial charge < -0.3 is 4.90 Å². The van der Waals surface area contributed by atoms with Crippen LogP contribution in [-0.4, -0.2) is 0 Å². The molecule has 1 spiro atoms. The summed E-state index contributed by atoms with van der Waals surface area (Å²) in [5, 5.41) is 0. The predicted molar refractivity (Wildman–Crippen MR) is 198 cm³/mol. The van der Waals surface area contributed by atoms with E-state index in [1.165, 1.54) is 76.1 Å². The Bertz CT molecular complexity index is 2180. The van der Waals surface area contributed by atoms with Gasteiger partial charge in [-0.15, -0.1) is 0 Å². The second kappa shape index (κ2) is 10.1. The van der Waals surface area contributed by atoms with Crippen LogP contribution in [0.15, 0.2) is 152 Å². The summed E-state index contributed by atoms with van der Waals surface area (Å²) < 4.78 is 0. The Morgan fingerprint density at radius 1 is 0.458 bits per heavy atom. The van der Waals surface area contributed by atoms with Crippen molar-refractivity contribution < 1.29 is 0 Å². The minimum Gasteiger partial charge on any atom is -0.309 e. The number of nitrogens with zero attached hydrogens (tertiary/aromatic N) is 1. The molecule has 0 aromatic heterocycles. The van der Waals surface area contributed by atoms with Crippen LogP contribution < -0.4 is 4.90 Å². The Hall–Kier alpha value is -4.88. The Morgan fingerprint density at radius 3 is 1.90 bits per heavy atom. The summed E-state index contributed by atoms with van der Waals surface area (Å²) in [6, 6.07) is 56.8. The summed E-state index contributed by atoms with van der Waals surface area (Å²) in [6.07, 6.45) is 5.80. The van der Waals surface area contributed by atoms with Crippen LogP contribution in [0, 0.1) is 35.5 Å². The van der Waals surface area contributed by atoms with Crippen molar-refractivity contribution >= 4 is 17.1 Å². The summed E-state index contributed by atoms with van der Waals surface area (Å²) in [5.41, 5.74) is 15.0. The molecular weight excluding hydrogens is 579 g/mol. The van der Waals surface area contributed by atoms with Gasteiger partial charge in [0.1, 0.15) is 0 Å². The van der Waals surface area contributed by atoms with Crippen molar-refractivity contribution in [1.29, 1.82) is 0 Å². The van der Waals surface area contributed by atoms with Crippen LogP contribution in [0.1, 0.15) is 36.8 Å². The van der Waals surface area contributed by atoms with Gasteiger partial charge in [0.2, 0.25) is 0 Å². The van der Waals surface area contributed by atoms with Gasteiger partial charge in [-0.25, -0.2) is 0 Å². The molecule has 6 aromatic rings. The first-order valence-electron chi connectivity index (χ1n) is 18.1. The number of fused-ring (bicyclic) bond motifs is 3. The van der Waals surface area contributed by atoms with E-state index in [-0.39, 0.29) is 5.41 Å². The highest BCUT2D eigenvalue weighted by Gasteiger charge is 2.71. The lowest BCUT2D eigenvalue weighted by atomic mass is 9.45. The number of hydrogen-bond donors (Lipinski definition) is 0. The number of rotatable bonds is 5. The van der Waals surface area contributed by atoms with Gasteiger partial charge >= 0.3 is 0 Å². The average molecular weight is 618 g/mol. The summed E-state index contributed by atoms with van der Waals surface area (Å²) >= 11 is 0. The van der Waals surface area contributed by atoms with Gasteiger partial charge in [0, 0.05) is 22.2 Å². The molecule has 232 valence electrons. The average Bonchev–Trinajstić information content (AvgIpc) is 3.72. The van der Waals surface area contributed by atoms with Crippen LogP contribution in [0.4, 0.5) is 17.1 Å². The zero-order chi connectivity index (χ0) is 31.4. The second-order valence-electron chi connectivity index (χ2n) is 15.3. The lowest BCUT2D eigenvalue weighted by Gasteiger charge is -2.58. The molecule has 7 atom stereocenters. The van der Waals surface area contributed by atoms with Gasteiger partial charge in [-0.05, 0) is 119 Å². The monoisotopic (exact) mass is 617 g/mol. The largest absolute Gasteiger partial charge is 0.309 e. The fourth-order valence-corrected chi connectivity index (χ4v) is 12.1. The molecule has 0 heterocycles. The highest BCUT2D eigenvalue weighted by Crippen LogP contribution is 2.78. The normalized spacial score (nSPS) is 28.2. The lowest BCUT2D eigenvalue weighted by Crippen LogP contribution is -2.54. The maximum Gasteiger partial charge on any atom is 0.0543 e. The molecule has 6 aliphatic carbocycles. The maximum atomic E-state index is 2.57. The molecule has 6 aliphatic rings. The van der Waals surface area contributed by atoms with E-state index in [1.54, 1.807) is 11.1 Å². The minimum absolute atomic E-state index is 0.149. The molecule has 0 amide bonds. The van der Waals surface area contributed by atoms with Crippen molar-refractivity contribution in [2.45, 2.75) is 31.1 Å². The Balaban J connectivity index is 1.16. The number of anilines is 3. The Kier molecular flexibility index (Phi) is 5.68. The first-order chi connectivity index (χ1) is 23.8. The zero-order valence-electron chi connectivity index (χ0n) is 27.2. The lowest BCUT2D eigenvalue weighted by molar-refractivity contribution is -0.0173. The summed E-state index contributed by atoms with van der Waals surface area (Å²) in [6.45, 7) is 0. The zero-order valence-corrected chi connectivity index (χ0v) is 27.2. The number of benzene rings is 6. The van der Waals surface area contributed by atoms with E-state index in [0.717, 1.165) is 35.5 Å². The third-order valence-electron chi connectivity index (χ3n) is 13.5. The molecule has 6 aromatic carbocycles. The Labute approximate surface area is 283 Å². The minimum atomic E-state index is 0.149. The molecule has 0 radical (unpaired) electrons. The van der Waals surface area contributed by atoms with Gasteiger partial charge in [0.15, 0.2) is 0 Å². The molecule has 5 fully saturated rings. The van der Waals surface area contributed by atoms with Gasteiger partial charge in [-0.2, -0.15) is 0 Å². The number of para-hydroxylation sites is 1. The molecule has 0 N–H and O–H groups in total. The van der Waals surface area contributed by atoms with E-state index < -0.39 is 0 Å². The van der Waals surface area contributed by atoms with Crippen LogP contribution >= 0.6 is 0 Å². The van der Waals surface area contributed by atoms with Crippen LogP contribution in [0.25, 0.3) is 33.4 Å². The van der Waals surface area contributed by atoms with Crippen LogP contribution in [0.2, 0.25) is 0 Å². The van der Waals surface area contributed by atoms with Crippen LogP contribution in [0.5, 0.6) is 0 Å². The summed E-state index contributed by atoms with van der Waals surface area (Å²) in [4.78, 5) is 2.57.